The van der Waals surface area contributed by atoms with Gasteiger partial charge in [0.1, 0.15) is 0 Å². The summed E-state index contributed by atoms with van der Waals surface area (Å²) in [6, 6.07) is 20.1. The van der Waals surface area contributed by atoms with Crippen molar-refractivity contribution in [2.45, 2.75) is 13.0 Å². The number of nitrogens with one attached hydrogen (secondary N) is 3. The Morgan fingerprint density at radius 3 is 2.19 bits per heavy atom. The Balaban J connectivity index is 1.11. The molecule has 0 atom stereocenters. The minimum Gasteiger partial charge on any atom is -0.369 e. The highest BCUT2D eigenvalue weighted by Crippen LogP contribution is 2.15. The molecule has 0 spiro atoms. The standard InChI is InChI=1S/C28H32N6O3/c35-26(31-21-22-5-2-1-3-6-22)23-7-9-24(10-8-23)32-28(37)27(36)30-13-4-16-33-17-19-34(20-18-33)25-11-14-29-15-12-25/h1-3,5-12,14-15H,4,13,16-21H2,(H,30,36)(H,31,35)(H,32,37). The first-order chi connectivity index (χ1) is 18.1. The molecule has 9 heteroatoms. The minimum absolute atomic E-state index is 0.210. The predicted octanol–water partition coefficient (Wildman–Crippen LogP) is 2.28. The van der Waals surface area contributed by atoms with Crippen molar-refractivity contribution in [2.24, 2.45) is 0 Å². The molecule has 3 N–H and O–H groups in total. The summed E-state index contributed by atoms with van der Waals surface area (Å²) in [6.07, 6.45) is 4.38. The van der Waals surface area contributed by atoms with E-state index in [1.807, 2.05) is 54.9 Å². The third-order valence-corrected chi connectivity index (χ3v) is 6.24. The van der Waals surface area contributed by atoms with Crippen LogP contribution in [0.5, 0.6) is 0 Å². The highest BCUT2D eigenvalue weighted by atomic mass is 16.2. The third-order valence-electron chi connectivity index (χ3n) is 6.24. The van der Waals surface area contributed by atoms with Gasteiger partial charge in [0.25, 0.3) is 5.91 Å². The summed E-state index contributed by atoms with van der Waals surface area (Å²) in [5.74, 6) is -1.61. The predicted molar refractivity (Wildman–Crippen MR) is 143 cm³/mol. The first-order valence-electron chi connectivity index (χ1n) is 12.5. The van der Waals surface area contributed by atoms with Crippen LogP contribution in [0.2, 0.25) is 0 Å². The van der Waals surface area contributed by atoms with Gasteiger partial charge >= 0.3 is 11.8 Å². The van der Waals surface area contributed by atoms with Gasteiger partial charge in [0.15, 0.2) is 0 Å². The lowest BCUT2D eigenvalue weighted by atomic mass is 10.1. The van der Waals surface area contributed by atoms with Crippen LogP contribution in [0.15, 0.2) is 79.1 Å². The van der Waals surface area contributed by atoms with E-state index < -0.39 is 11.8 Å². The Morgan fingerprint density at radius 1 is 0.784 bits per heavy atom. The normalized spacial score (nSPS) is 13.6. The number of benzene rings is 2. The molecule has 0 radical (unpaired) electrons. The van der Waals surface area contributed by atoms with Crippen molar-refractivity contribution in [3.63, 3.8) is 0 Å². The van der Waals surface area contributed by atoms with Gasteiger partial charge in [-0.05, 0) is 54.9 Å². The minimum atomic E-state index is -0.729. The molecule has 1 aromatic heterocycles. The van der Waals surface area contributed by atoms with E-state index in [-0.39, 0.29) is 5.91 Å². The van der Waals surface area contributed by atoms with Crippen LogP contribution in [-0.2, 0) is 16.1 Å². The quantitative estimate of drug-likeness (QED) is 0.308. The number of carbonyl (C=O) groups excluding carboxylic acids is 3. The first-order valence-corrected chi connectivity index (χ1v) is 12.5. The van der Waals surface area contributed by atoms with Gasteiger partial charge in [-0.15, -0.1) is 0 Å². The van der Waals surface area contributed by atoms with E-state index in [4.69, 9.17) is 0 Å². The van der Waals surface area contributed by atoms with Crippen LogP contribution in [0, 0.1) is 0 Å². The molecule has 0 saturated carbocycles. The highest BCUT2D eigenvalue weighted by molar-refractivity contribution is 6.39. The second kappa shape index (κ2) is 13.2. The first kappa shape index (κ1) is 25.8. The lowest BCUT2D eigenvalue weighted by Crippen LogP contribution is -2.47. The van der Waals surface area contributed by atoms with Crippen LogP contribution >= 0.6 is 0 Å². The van der Waals surface area contributed by atoms with E-state index in [2.05, 4.69) is 30.7 Å². The molecule has 0 unspecified atom stereocenters. The maximum atomic E-state index is 12.3. The van der Waals surface area contributed by atoms with E-state index >= 15 is 0 Å². The van der Waals surface area contributed by atoms with Gasteiger partial charge < -0.3 is 20.9 Å². The number of carbonyl (C=O) groups is 3. The molecular weight excluding hydrogens is 468 g/mol. The van der Waals surface area contributed by atoms with E-state index in [9.17, 15) is 14.4 Å². The number of piperazine rings is 1. The molecule has 37 heavy (non-hydrogen) atoms. The monoisotopic (exact) mass is 500 g/mol. The fourth-order valence-corrected chi connectivity index (χ4v) is 4.14. The van der Waals surface area contributed by atoms with E-state index in [0.717, 1.165) is 44.7 Å². The largest absolute Gasteiger partial charge is 0.369 e. The van der Waals surface area contributed by atoms with Gasteiger partial charge in [-0.25, -0.2) is 0 Å². The molecule has 0 aliphatic carbocycles. The van der Waals surface area contributed by atoms with Gasteiger partial charge in [0.2, 0.25) is 0 Å². The average Bonchev–Trinajstić information content (AvgIpc) is 2.95. The third kappa shape index (κ3) is 7.88. The van der Waals surface area contributed by atoms with Crippen LogP contribution in [0.4, 0.5) is 11.4 Å². The molecule has 3 amide bonds. The average molecular weight is 501 g/mol. The molecule has 1 fully saturated rings. The summed E-state index contributed by atoms with van der Waals surface area (Å²) >= 11 is 0. The molecule has 4 rings (SSSR count). The number of nitrogens with zero attached hydrogens (tertiary/aromatic N) is 3. The summed E-state index contributed by atoms with van der Waals surface area (Å²) in [5, 5.41) is 8.11. The number of pyridine rings is 1. The maximum absolute atomic E-state index is 12.3. The molecular formula is C28H32N6O3. The Kier molecular flexibility index (Phi) is 9.20. The Labute approximate surface area is 216 Å². The smallest absolute Gasteiger partial charge is 0.313 e. The molecule has 0 bridgehead atoms. The van der Waals surface area contributed by atoms with E-state index in [1.54, 1.807) is 24.3 Å². The number of aromatic nitrogens is 1. The van der Waals surface area contributed by atoms with Crippen molar-refractivity contribution < 1.29 is 14.4 Å². The second-order valence-electron chi connectivity index (χ2n) is 8.84. The van der Waals surface area contributed by atoms with Crippen molar-refractivity contribution >= 4 is 29.1 Å². The van der Waals surface area contributed by atoms with E-state index in [1.165, 1.54) is 5.69 Å². The summed E-state index contributed by atoms with van der Waals surface area (Å²) in [4.78, 5) is 45.5. The zero-order valence-electron chi connectivity index (χ0n) is 20.7. The van der Waals surface area contributed by atoms with Crippen molar-refractivity contribution in [3.05, 3.63) is 90.3 Å². The van der Waals surface area contributed by atoms with Crippen LogP contribution < -0.4 is 20.9 Å². The molecule has 2 aromatic carbocycles. The molecule has 2 heterocycles. The molecule has 9 nitrogen and oxygen atoms in total. The summed E-state index contributed by atoms with van der Waals surface area (Å²) in [6.45, 7) is 5.53. The van der Waals surface area contributed by atoms with Gasteiger partial charge in [-0.2, -0.15) is 0 Å². The topological polar surface area (TPSA) is 107 Å². The fraction of sp³-hybridized carbons (Fsp3) is 0.286. The maximum Gasteiger partial charge on any atom is 0.313 e. The number of rotatable bonds is 9. The molecule has 1 saturated heterocycles. The number of hydrogen-bond acceptors (Lipinski definition) is 6. The highest BCUT2D eigenvalue weighted by Gasteiger charge is 2.17. The summed E-state index contributed by atoms with van der Waals surface area (Å²) in [5.41, 5.74) is 3.12. The van der Waals surface area contributed by atoms with Crippen LogP contribution in [0.25, 0.3) is 0 Å². The summed E-state index contributed by atoms with van der Waals surface area (Å²) in [7, 11) is 0. The van der Waals surface area contributed by atoms with Crippen LogP contribution in [0.3, 0.4) is 0 Å². The Bertz CT molecular complexity index is 1160. The van der Waals surface area contributed by atoms with Crippen molar-refractivity contribution in [1.82, 2.24) is 20.5 Å². The Hall–Kier alpha value is -4.24. The van der Waals surface area contributed by atoms with Gasteiger partial charge in [-0.3, -0.25) is 24.3 Å². The van der Waals surface area contributed by atoms with Gasteiger partial charge in [-0.1, -0.05) is 30.3 Å². The second-order valence-corrected chi connectivity index (χ2v) is 8.84. The SMILES string of the molecule is O=C(NCCCN1CCN(c2ccncc2)CC1)C(=O)Nc1ccc(C(=O)NCc2ccccc2)cc1. The molecule has 1 aliphatic heterocycles. The van der Waals surface area contributed by atoms with Crippen molar-refractivity contribution in [2.75, 3.05) is 49.5 Å². The van der Waals surface area contributed by atoms with Crippen LogP contribution in [-0.4, -0.2) is 66.9 Å². The fourth-order valence-electron chi connectivity index (χ4n) is 4.14. The van der Waals surface area contributed by atoms with Crippen LogP contribution in [0.1, 0.15) is 22.3 Å². The lowest BCUT2D eigenvalue weighted by molar-refractivity contribution is -0.136. The number of amides is 3. The van der Waals surface area contributed by atoms with Gasteiger partial charge in [0, 0.05) is 68.6 Å². The molecule has 1 aliphatic rings. The zero-order chi connectivity index (χ0) is 25.9. The zero-order valence-corrected chi connectivity index (χ0v) is 20.7. The molecule has 192 valence electrons. The van der Waals surface area contributed by atoms with E-state index in [0.29, 0.717) is 24.3 Å². The van der Waals surface area contributed by atoms with Crippen molar-refractivity contribution in [1.29, 1.82) is 0 Å². The molecule has 3 aromatic rings. The lowest BCUT2D eigenvalue weighted by Gasteiger charge is -2.36. The number of anilines is 2. The number of hydrogen-bond donors (Lipinski definition) is 3. The Morgan fingerprint density at radius 2 is 1.49 bits per heavy atom. The van der Waals surface area contributed by atoms with Crippen molar-refractivity contribution in [3.8, 4) is 0 Å². The van der Waals surface area contributed by atoms with Gasteiger partial charge in [0.05, 0.1) is 0 Å². The summed E-state index contributed by atoms with van der Waals surface area (Å²) < 4.78 is 0.